The number of ether oxygens (including phenoxy) is 2. The third kappa shape index (κ3) is 2.31. The van der Waals surface area contributed by atoms with Crippen LogP contribution in [0.3, 0.4) is 0 Å². The molecule has 0 bridgehead atoms. The van der Waals surface area contributed by atoms with E-state index in [4.69, 9.17) is 5.14 Å². The number of fused-ring (bicyclic) bond motifs is 1. The number of rotatable bonds is 2. The number of benzene rings is 1. The van der Waals surface area contributed by atoms with Crippen LogP contribution in [-0.4, -0.2) is 14.7 Å². The molecule has 3 N–H and O–H groups in total. The van der Waals surface area contributed by atoms with E-state index in [2.05, 4.69) is 9.47 Å². The lowest BCUT2D eigenvalue weighted by Gasteiger charge is -2.04. The molecule has 88 valence electrons. The summed E-state index contributed by atoms with van der Waals surface area (Å²) >= 11 is 0. The van der Waals surface area contributed by atoms with E-state index in [1.54, 1.807) is 0 Å². The second kappa shape index (κ2) is 3.19. The van der Waals surface area contributed by atoms with Gasteiger partial charge in [-0.3, -0.25) is 4.72 Å². The van der Waals surface area contributed by atoms with Gasteiger partial charge in [-0.25, -0.2) is 5.14 Å². The van der Waals surface area contributed by atoms with E-state index in [1.165, 1.54) is 6.07 Å². The standard InChI is InChI=1S/C7H6F2N2O4S/c8-7(9)14-5-2-1-4(3-6(5)15-7)11-16(10,12)13/h1-3,11H,(H2,10,12,13). The largest absolute Gasteiger partial charge is 0.586 e. The van der Waals surface area contributed by atoms with Gasteiger partial charge in [0.15, 0.2) is 11.5 Å². The quantitative estimate of drug-likeness (QED) is 0.807. The molecule has 0 atom stereocenters. The first-order valence-electron chi connectivity index (χ1n) is 3.96. The SMILES string of the molecule is NS(=O)(=O)Nc1ccc2c(c1)OC(F)(F)O2. The molecular weight excluding hydrogens is 246 g/mol. The fraction of sp³-hybridized carbons (Fsp3) is 0.143. The molecule has 6 nitrogen and oxygen atoms in total. The summed E-state index contributed by atoms with van der Waals surface area (Å²) in [5.41, 5.74) is 0.00236. The van der Waals surface area contributed by atoms with Gasteiger partial charge in [0, 0.05) is 6.07 Å². The molecule has 9 heteroatoms. The number of anilines is 1. The summed E-state index contributed by atoms with van der Waals surface area (Å²) in [5, 5.41) is 4.71. The monoisotopic (exact) mass is 252 g/mol. The molecule has 0 radical (unpaired) electrons. The molecule has 2 rings (SSSR count). The lowest BCUT2D eigenvalue weighted by atomic mass is 10.3. The van der Waals surface area contributed by atoms with Crippen molar-refractivity contribution in [1.82, 2.24) is 0 Å². The Morgan fingerprint density at radius 2 is 1.88 bits per heavy atom. The first-order chi connectivity index (χ1) is 7.25. The highest BCUT2D eigenvalue weighted by molar-refractivity contribution is 7.90. The van der Waals surface area contributed by atoms with Gasteiger partial charge in [0.25, 0.3) is 10.2 Å². The van der Waals surface area contributed by atoms with E-state index >= 15 is 0 Å². The fourth-order valence-electron chi connectivity index (χ4n) is 1.18. The summed E-state index contributed by atoms with van der Waals surface area (Å²) in [7, 11) is -3.96. The Morgan fingerprint density at radius 1 is 1.25 bits per heavy atom. The van der Waals surface area contributed by atoms with Gasteiger partial charge in [-0.2, -0.15) is 8.42 Å². The van der Waals surface area contributed by atoms with Gasteiger partial charge in [0.2, 0.25) is 0 Å². The number of nitrogens with one attached hydrogen (secondary N) is 1. The molecule has 1 heterocycles. The third-order valence-corrected chi connectivity index (χ3v) is 2.18. The van der Waals surface area contributed by atoms with Crippen molar-refractivity contribution >= 4 is 15.9 Å². The van der Waals surface area contributed by atoms with Crippen molar-refractivity contribution in [2.45, 2.75) is 6.29 Å². The molecule has 0 fully saturated rings. The average molecular weight is 252 g/mol. The van der Waals surface area contributed by atoms with Gasteiger partial charge in [0.1, 0.15) is 0 Å². The molecule has 1 aliphatic heterocycles. The Labute approximate surface area is 89.1 Å². The summed E-state index contributed by atoms with van der Waals surface area (Å²) in [6.07, 6.45) is -3.73. The van der Waals surface area contributed by atoms with Crippen LogP contribution in [0.1, 0.15) is 0 Å². The zero-order valence-electron chi connectivity index (χ0n) is 7.61. The lowest BCUT2D eigenvalue weighted by Crippen LogP contribution is -2.25. The van der Waals surface area contributed by atoms with E-state index in [0.29, 0.717) is 0 Å². The zero-order chi connectivity index (χ0) is 12.0. The minimum absolute atomic E-state index is 0.00236. The van der Waals surface area contributed by atoms with Gasteiger partial charge in [-0.1, -0.05) is 0 Å². The van der Waals surface area contributed by atoms with Crippen molar-refractivity contribution in [2.75, 3.05) is 4.72 Å². The molecule has 0 aromatic heterocycles. The van der Waals surface area contributed by atoms with Crippen molar-refractivity contribution in [3.8, 4) is 11.5 Å². The smallest absolute Gasteiger partial charge is 0.395 e. The van der Waals surface area contributed by atoms with Crippen LogP contribution in [0.15, 0.2) is 18.2 Å². The molecule has 1 aromatic rings. The first-order valence-corrected chi connectivity index (χ1v) is 5.50. The Hall–Kier alpha value is -1.61. The summed E-state index contributed by atoms with van der Waals surface area (Å²) in [6.45, 7) is 0. The Balaban J connectivity index is 2.30. The fourth-order valence-corrected chi connectivity index (χ4v) is 1.63. The normalized spacial score (nSPS) is 17.2. The number of nitrogens with two attached hydrogens (primary N) is 1. The van der Waals surface area contributed by atoms with Gasteiger partial charge >= 0.3 is 6.29 Å². The Bertz CT molecular complexity index is 531. The summed E-state index contributed by atoms with van der Waals surface area (Å²) in [5.74, 6) is -0.441. The Kier molecular flexibility index (Phi) is 2.17. The van der Waals surface area contributed by atoms with Gasteiger partial charge < -0.3 is 9.47 Å². The maximum Gasteiger partial charge on any atom is 0.586 e. The molecule has 0 spiro atoms. The topological polar surface area (TPSA) is 90.7 Å². The van der Waals surface area contributed by atoms with E-state index in [9.17, 15) is 17.2 Å². The lowest BCUT2D eigenvalue weighted by molar-refractivity contribution is -0.286. The van der Waals surface area contributed by atoms with Crippen LogP contribution in [0.5, 0.6) is 11.5 Å². The molecule has 0 amide bonds. The second-order valence-electron chi connectivity index (χ2n) is 2.98. The van der Waals surface area contributed by atoms with Gasteiger partial charge in [-0.15, -0.1) is 8.78 Å². The number of alkyl halides is 2. The maximum atomic E-state index is 12.6. The van der Waals surface area contributed by atoms with Crippen LogP contribution in [0.4, 0.5) is 14.5 Å². The highest BCUT2D eigenvalue weighted by Crippen LogP contribution is 2.42. The van der Waals surface area contributed by atoms with E-state index in [-0.39, 0.29) is 17.2 Å². The summed E-state index contributed by atoms with van der Waals surface area (Å²) in [4.78, 5) is 0. The zero-order valence-corrected chi connectivity index (χ0v) is 8.42. The van der Waals surface area contributed by atoms with Gasteiger partial charge in [0.05, 0.1) is 5.69 Å². The molecule has 1 aliphatic rings. The van der Waals surface area contributed by atoms with Crippen LogP contribution in [0.25, 0.3) is 0 Å². The second-order valence-corrected chi connectivity index (χ2v) is 4.27. The van der Waals surface area contributed by atoms with Crippen molar-refractivity contribution in [1.29, 1.82) is 0 Å². The van der Waals surface area contributed by atoms with Crippen LogP contribution in [0.2, 0.25) is 0 Å². The van der Waals surface area contributed by atoms with Crippen molar-refractivity contribution < 1.29 is 26.7 Å². The van der Waals surface area contributed by atoms with E-state index in [0.717, 1.165) is 12.1 Å². The number of hydrogen-bond donors (Lipinski definition) is 2. The molecule has 0 aliphatic carbocycles. The summed E-state index contributed by atoms with van der Waals surface area (Å²) < 4.78 is 56.7. The minimum Gasteiger partial charge on any atom is -0.395 e. The van der Waals surface area contributed by atoms with Crippen molar-refractivity contribution in [3.63, 3.8) is 0 Å². The molecule has 16 heavy (non-hydrogen) atoms. The maximum absolute atomic E-state index is 12.6. The molecule has 0 saturated heterocycles. The van der Waals surface area contributed by atoms with Crippen LogP contribution in [0, 0.1) is 0 Å². The van der Waals surface area contributed by atoms with Gasteiger partial charge in [-0.05, 0) is 12.1 Å². The van der Waals surface area contributed by atoms with Crippen LogP contribution < -0.4 is 19.3 Å². The Morgan fingerprint density at radius 3 is 2.50 bits per heavy atom. The number of halogens is 2. The summed E-state index contributed by atoms with van der Waals surface area (Å²) in [6, 6.07) is 3.40. The third-order valence-electron chi connectivity index (χ3n) is 1.66. The van der Waals surface area contributed by atoms with Crippen LogP contribution in [-0.2, 0) is 10.2 Å². The van der Waals surface area contributed by atoms with E-state index < -0.39 is 16.5 Å². The van der Waals surface area contributed by atoms with Crippen LogP contribution >= 0.6 is 0 Å². The predicted molar refractivity (Wildman–Crippen MR) is 49.4 cm³/mol. The first kappa shape index (κ1) is 10.9. The minimum atomic E-state index is -3.96. The average Bonchev–Trinajstić information content (AvgIpc) is 2.34. The highest BCUT2D eigenvalue weighted by atomic mass is 32.2. The molecular formula is C7H6F2N2O4S. The highest BCUT2D eigenvalue weighted by Gasteiger charge is 2.43. The van der Waals surface area contributed by atoms with E-state index in [1.807, 2.05) is 4.72 Å². The molecule has 0 saturated carbocycles. The molecule has 1 aromatic carbocycles. The van der Waals surface area contributed by atoms with Crippen molar-refractivity contribution in [2.24, 2.45) is 5.14 Å². The molecule has 0 unspecified atom stereocenters. The number of hydrogen-bond acceptors (Lipinski definition) is 4. The van der Waals surface area contributed by atoms with Crippen molar-refractivity contribution in [3.05, 3.63) is 18.2 Å². The predicted octanol–water partition coefficient (Wildman–Crippen LogP) is 0.624.